The first-order valence-electron chi connectivity index (χ1n) is 5.20. The van der Waals surface area contributed by atoms with Crippen LogP contribution in [0.5, 0.6) is 11.6 Å². The van der Waals surface area contributed by atoms with Gasteiger partial charge in [0, 0.05) is 6.07 Å². The van der Waals surface area contributed by atoms with Crippen molar-refractivity contribution < 1.29 is 14.2 Å². The van der Waals surface area contributed by atoms with Crippen molar-refractivity contribution in [2.24, 2.45) is 0 Å². The molecule has 0 fully saturated rings. The van der Waals surface area contributed by atoms with Crippen molar-refractivity contribution in [1.82, 2.24) is 4.98 Å². The van der Waals surface area contributed by atoms with Crippen molar-refractivity contribution in [2.75, 3.05) is 0 Å². The van der Waals surface area contributed by atoms with E-state index in [-0.39, 0.29) is 18.2 Å². The van der Waals surface area contributed by atoms with Gasteiger partial charge < -0.3 is 9.84 Å². The first-order valence-corrected chi connectivity index (χ1v) is 5.20. The Morgan fingerprint density at radius 3 is 2.88 bits per heavy atom. The van der Waals surface area contributed by atoms with E-state index in [1.54, 1.807) is 30.3 Å². The Morgan fingerprint density at radius 1 is 1.29 bits per heavy atom. The lowest BCUT2D eigenvalue weighted by atomic mass is 10.2. The molecule has 0 aliphatic heterocycles. The Morgan fingerprint density at radius 2 is 2.12 bits per heavy atom. The summed E-state index contributed by atoms with van der Waals surface area (Å²) in [5, 5.41) is 8.93. The lowest BCUT2D eigenvalue weighted by Crippen LogP contribution is -1.94. The van der Waals surface area contributed by atoms with Crippen LogP contribution in [-0.4, -0.2) is 10.1 Å². The molecule has 4 heteroatoms. The summed E-state index contributed by atoms with van der Waals surface area (Å²) < 4.78 is 18.8. The summed E-state index contributed by atoms with van der Waals surface area (Å²) in [5.74, 6) is -0.0413. The van der Waals surface area contributed by atoms with E-state index in [1.807, 2.05) is 6.92 Å². The minimum Gasteiger partial charge on any atom is -0.436 e. The number of aromatic nitrogens is 1. The molecule has 0 atom stereocenters. The average Bonchev–Trinajstić information content (AvgIpc) is 2.34. The number of pyridine rings is 1. The smallest absolute Gasteiger partial charge is 0.219 e. The van der Waals surface area contributed by atoms with Gasteiger partial charge in [0.2, 0.25) is 5.88 Å². The van der Waals surface area contributed by atoms with Crippen LogP contribution in [-0.2, 0) is 6.61 Å². The van der Waals surface area contributed by atoms with E-state index in [1.165, 1.54) is 6.07 Å². The maximum atomic E-state index is 13.4. The van der Waals surface area contributed by atoms with Crippen molar-refractivity contribution >= 4 is 0 Å². The van der Waals surface area contributed by atoms with Crippen LogP contribution in [0.4, 0.5) is 4.39 Å². The molecule has 0 radical (unpaired) electrons. The molecule has 0 spiro atoms. The fourth-order valence-electron chi connectivity index (χ4n) is 1.40. The Kier molecular flexibility index (Phi) is 3.35. The number of ether oxygens (including phenoxy) is 1. The normalized spacial score (nSPS) is 10.3. The predicted octanol–water partition coefficient (Wildman–Crippen LogP) is 2.81. The molecule has 0 aliphatic carbocycles. The zero-order chi connectivity index (χ0) is 12.3. The fraction of sp³-hybridized carbons (Fsp3) is 0.154. The van der Waals surface area contributed by atoms with Gasteiger partial charge in [0.05, 0.1) is 12.3 Å². The third-order valence-corrected chi connectivity index (χ3v) is 2.24. The Labute approximate surface area is 98.5 Å². The van der Waals surface area contributed by atoms with Crippen LogP contribution < -0.4 is 4.74 Å². The molecule has 0 amide bonds. The lowest BCUT2D eigenvalue weighted by molar-refractivity contribution is 0.275. The summed E-state index contributed by atoms with van der Waals surface area (Å²) in [6, 6.07) is 9.59. The summed E-state index contributed by atoms with van der Waals surface area (Å²) in [4.78, 5) is 4.02. The quantitative estimate of drug-likeness (QED) is 0.886. The van der Waals surface area contributed by atoms with E-state index >= 15 is 0 Å². The highest BCUT2D eigenvalue weighted by Gasteiger charge is 2.06. The number of hydrogen-bond acceptors (Lipinski definition) is 3. The first kappa shape index (κ1) is 11.5. The highest BCUT2D eigenvalue weighted by Crippen LogP contribution is 2.24. The van der Waals surface area contributed by atoms with E-state index in [4.69, 9.17) is 9.84 Å². The summed E-state index contributed by atoms with van der Waals surface area (Å²) in [5.41, 5.74) is 1.38. The average molecular weight is 233 g/mol. The van der Waals surface area contributed by atoms with E-state index in [2.05, 4.69) is 4.98 Å². The fourth-order valence-corrected chi connectivity index (χ4v) is 1.40. The van der Waals surface area contributed by atoms with Crippen LogP contribution in [0.15, 0.2) is 36.4 Å². The molecule has 0 saturated heterocycles. The Balaban J connectivity index is 2.27. The van der Waals surface area contributed by atoms with Crippen molar-refractivity contribution in [1.29, 1.82) is 0 Å². The Bertz CT molecular complexity index is 529. The monoisotopic (exact) mass is 233 g/mol. The molecule has 3 nitrogen and oxygen atoms in total. The lowest BCUT2D eigenvalue weighted by Gasteiger charge is -2.07. The molecule has 0 aliphatic rings. The third-order valence-electron chi connectivity index (χ3n) is 2.24. The second kappa shape index (κ2) is 4.93. The summed E-state index contributed by atoms with van der Waals surface area (Å²) in [6.45, 7) is 1.68. The standard InChI is InChI=1S/C13H12FNO2/c1-9-5-6-11(14)12(7-9)17-13-4-2-3-10(8-16)15-13/h2-7,16H,8H2,1H3. The van der Waals surface area contributed by atoms with Crippen LogP contribution in [0.2, 0.25) is 0 Å². The van der Waals surface area contributed by atoms with Gasteiger partial charge in [-0.15, -0.1) is 0 Å². The molecule has 2 aromatic rings. The number of aliphatic hydroxyl groups is 1. The molecule has 1 aromatic carbocycles. The van der Waals surface area contributed by atoms with Gasteiger partial charge in [0.15, 0.2) is 11.6 Å². The van der Waals surface area contributed by atoms with Crippen LogP contribution in [0.25, 0.3) is 0 Å². The third kappa shape index (κ3) is 2.79. The molecule has 88 valence electrons. The second-order valence-electron chi connectivity index (χ2n) is 3.66. The van der Waals surface area contributed by atoms with Crippen LogP contribution in [0, 0.1) is 12.7 Å². The number of benzene rings is 1. The molecule has 0 bridgehead atoms. The van der Waals surface area contributed by atoms with Crippen molar-refractivity contribution in [3.8, 4) is 11.6 Å². The van der Waals surface area contributed by atoms with Gasteiger partial charge in [-0.05, 0) is 30.7 Å². The summed E-state index contributed by atoms with van der Waals surface area (Å²) >= 11 is 0. The summed E-state index contributed by atoms with van der Waals surface area (Å²) in [7, 11) is 0. The number of hydrogen-bond donors (Lipinski definition) is 1. The largest absolute Gasteiger partial charge is 0.436 e. The molecule has 17 heavy (non-hydrogen) atoms. The number of halogens is 1. The zero-order valence-electron chi connectivity index (χ0n) is 9.35. The van der Waals surface area contributed by atoms with Gasteiger partial charge in [-0.2, -0.15) is 0 Å². The minimum absolute atomic E-state index is 0.132. The number of aryl methyl sites for hydroxylation is 1. The van der Waals surface area contributed by atoms with Crippen molar-refractivity contribution in [2.45, 2.75) is 13.5 Å². The van der Waals surface area contributed by atoms with E-state index in [0.717, 1.165) is 5.56 Å². The van der Waals surface area contributed by atoms with E-state index < -0.39 is 5.82 Å². The number of aliphatic hydroxyl groups excluding tert-OH is 1. The maximum absolute atomic E-state index is 13.4. The van der Waals surface area contributed by atoms with Gasteiger partial charge >= 0.3 is 0 Å². The van der Waals surface area contributed by atoms with Gasteiger partial charge in [0.1, 0.15) is 0 Å². The molecule has 0 saturated carbocycles. The van der Waals surface area contributed by atoms with Gasteiger partial charge in [0.25, 0.3) is 0 Å². The van der Waals surface area contributed by atoms with Gasteiger partial charge in [-0.25, -0.2) is 9.37 Å². The highest BCUT2D eigenvalue weighted by atomic mass is 19.1. The molecule has 0 unspecified atom stereocenters. The topological polar surface area (TPSA) is 42.4 Å². The molecule has 1 N–H and O–H groups in total. The second-order valence-corrected chi connectivity index (χ2v) is 3.66. The molecule has 1 heterocycles. The Hall–Kier alpha value is -1.94. The number of rotatable bonds is 3. The first-order chi connectivity index (χ1) is 8.19. The molecular weight excluding hydrogens is 221 g/mol. The maximum Gasteiger partial charge on any atom is 0.219 e. The van der Waals surface area contributed by atoms with E-state index in [0.29, 0.717) is 5.69 Å². The van der Waals surface area contributed by atoms with Gasteiger partial charge in [-0.3, -0.25) is 0 Å². The zero-order valence-corrected chi connectivity index (χ0v) is 9.35. The minimum atomic E-state index is -0.438. The number of nitrogens with zero attached hydrogens (tertiary/aromatic N) is 1. The van der Waals surface area contributed by atoms with Gasteiger partial charge in [-0.1, -0.05) is 12.1 Å². The molecule has 2 rings (SSSR count). The SMILES string of the molecule is Cc1ccc(F)c(Oc2cccc(CO)n2)c1. The van der Waals surface area contributed by atoms with Crippen LogP contribution in [0.1, 0.15) is 11.3 Å². The van der Waals surface area contributed by atoms with E-state index in [9.17, 15) is 4.39 Å². The van der Waals surface area contributed by atoms with Crippen molar-refractivity contribution in [3.05, 3.63) is 53.5 Å². The van der Waals surface area contributed by atoms with Crippen LogP contribution in [0.3, 0.4) is 0 Å². The van der Waals surface area contributed by atoms with Crippen molar-refractivity contribution in [3.63, 3.8) is 0 Å². The molecule has 1 aromatic heterocycles. The van der Waals surface area contributed by atoms with Crippen LogP contribution >= 0.6 is 0 Å². The predicted molar refractivity (Wildman–Crippen MR) is 61.4 cm³/mol. The summed E-state index contributed by atoms with van der Waals surface area (Å²) in [6.07, 6.45) is 0. The highest BCUT2D eigenvalue weighted by molar-refractivity contribution is 5.32. The molecular formula is C13H12FNO2.